The Morgan fingerprint density at radius 2 is 1.77 bits per heavy atom. The van der Waals surface area contributed by atoms with Crippen LogP contribution in [-0.2, 0) is 6.54 Å². The molecule has 1 aromatic heterocycles. The molecule has 0 aliphatic rings. The second-order valence-electron chi connectivity index (χ2n) is 7.79. The fourth-order valence-corrected chi connectivity index (χ4v) is 3.66. The number of carbonyl (C=O) groups excluding carboxylic acids is 1. The van der Waals surface area contributed by atoms with Gasteiger partial charge in [0.05, 0.1) is 24.1 Å². The number of hydrogen-bond donors (Lipinski definition) is 0. The van der Waals surface area contributed by atoms with Crippen molar-refractivity contribution in [2.75, 3.05) is 13.7 Å². The lowest BCUT2D eigenvalue weighted by Crippen LogP contribution is -2.39. The quantitative estimate of drug-likeness (QED) is 0.586. The first kappa shape index (κ1) is 21.6. The largest absolute Gasteiger partial charge is 0.497 e. The number of methoxy groups -OCH3 is 1. The average molecular weight is 408 g/mol. The number of aromatic nitrogens is 2. The second kappa shape index (κ2) is 9.11. The smallest absolute Gasteiger partial charge is 0.261 e. The van der Waals surface area contributed by atoms with Crippen LogP contribution >= 0.6 is 0 Å². The predicted octanol–water partition coefficient (Wildman–Crippen LogP) is 4.28. The number of fused-ring (bicyclic) bond motifs is 1. The Balaban J connectivity index is 2.08. The zero-order valence-corrected chi connectivity index (χ0v) is 18.3. The van der Waals surface area contributed by atoms with E-state index in [1.165, 1.54) is 0 Å². The van der Waals surface area contributed by atoms with Crippen molar-refractivity contribution in [2.45, 2.75) is 40.3 Å². The van der Waals surface area contributed by atoms with Gasteiger partial charge < -0.3 is 9.64 Å². The number of para-hydroxylation sites is 1. The maximum Gasteiger partial charge on any atom is 0.261 e. The lowest BCUT2D eigenvalue weighted by molar-refractivity contribution is 0.0653. The van der Waals surface area contributed by atoms with Crippen LogP contribution in [0.1, 0.15) is 49.9 Å². The number of ether oxygens (including phenoxy) is 1. The maximum absolute atomic E-state index is 13.4. The number of nitrogens with zero attached hydrogens (tertiary/aromatic N) is 3. The number of benzene rings is 2. The van der Waals surface area contributed by atoms with Gasteiger partial charge in [-0.2, -0.15) is 0 Å². The molecule has 0 radical (unpaired) electrons. The Labute approximate surface area is 177 Å². The molecule has 1 unspecified atom stereocenters. The monoisotopic (exact) mass is 407 g/mol. The van der Waals surface area contributed by atoms with Crippen LogP contribution in [0, 0.1) is 5.92 Å². The molecule has 0 N–H and O–H groups in total. The lowest BCUT2D eigenvalue weighted by atomic mass is 10.1. The molecule has 1 amide bonds. The number of carbonyl (C=O) groups is 1. The van der Waals surface area contributed by atoms with Gasteiger partial charge in [-0.15, -0.1) is 0 Å². The van der Waals surface area contributed by atoms with Gasteiger partial charge >= 0.3 is 0 Å². The van der Waals surface area contributed by atoms with Crippen LogP contribution in [0.15, 0.2) is 53.3 Å². The molecular weight excluding hydrogens is 378 g/mol. The summed E-state index contributed by atoms with van der Waals surface area (Å²) in [6.07, 6.45) is 0. The van der Waals surface area contributed by atoms with E-state index >= 15 is 0 Å². The fraction of sp³-hybridized carbons (Fsp3) is 0.375. The van der Waals surface area contributed by atoms with Crippen LogP contribution in [0.5, 0.6) is 5.75 Å². The van der Waals surface area contributed by atoms with Crippen molar-refractivity contribution in [3.05, 3.63) is 70.3 Å². The van der Waals surface area contributed by atoms with Crippen molar-refractivity contribution < 1.29 is 9.53 Å². The molecule has 1 heterocycles. The summed E-state index contributed by atoms with van der Waals surface area (Å²) in [7, 11) is 1.60. The fourth-order valence-electron chi connectivity index (χ4n) is 3.66. The van der Waals surface area contributed by atoms with E-state index < -0.39 is 0 Å². The van der Waals surface area contributed by atoms with Gasteiger partial charge in [-0.1, -0.05) is 26.0 Å². The summed E-state index contributed by atoms with van der Waals surface area (Å²) >= 11 is 0. The third-order valence-electron chi connectivity index (χ3n) is 5.21. The third-order valence-corrected chi connectivity index (χ3v) is 5.21. The topological polar surface area (TPSA) is 64.4 Å². The Kier molecular flexibility index (Phi) is 6.55. The highest BCUT2D eigenvalue weighted by Crippen LogP contribution is 2.24. The molecule has 2 aromatic carbocycles. The Morgan fingerprint density at radius 3 is 2.37 bits per heavy atom. The second-order valence-corrected chi connectivity index (χ2v) is 7.79. The van der Waals surface area contributed by atoms with Gasteiger partial charge in [-0.05, 0) is 56.2 Å². The van der Waals surface area contributed by atoms with E-state index in [1.807, 2.05) is 32.0 Å². The van der Waals surface area contributed by atoms with Gasteiger partial charge in [-0.25, -0.2) is 4.98 Å². The van der Waals surface area contributed by atoms with Gasteiger partial charge in [0.15, 0.2) is 0 Å². The summed E-state index contributed by atoms with van der Waals surface area (Å²) in [5.74, 6) is 1.47. The average Bonchev–Trinajstić information content (AvgIpc) is 2.76. The van der Waals surface area contributed by atoms with Gasteiger partial charge in [-0.3, -0.25) is 14.2 Å². The molecule has 3 aromatic rings. The van der Waals surface area contributed by atoms with E-state index in [1.54, 1.807) is 46.9 Å². The molecular formula is C24H29N3O3. The zero-order valence-electron chi connectivity index (χ0n) is 18.3. The van der Waals surface area contributed by atoms with Crippen LogP contribution in [0.4, 0.5) is 0 Å². The highest BCUT2D eigenvalue weighted by atomic mass is 16.5. The minimum absolute atomic E-state index is 0.0775. The molecule has 158 valence electrons. The number of hydrogen-bond acceptors (Lipinski definition) is 4. The lowest BCUT2D eigenvalue weighted by Gasteiger charge is -2.32. The van der Waals surface area contributed by atoms with Gasteiger partial charge in [0.1, 0.15) is 11.6 Å². The van der Waals surface area contributed by atoms with Crippen molar-refractivity contribution in [1.29, 1.82) is 0 Å². The van der Waals surface area contributed by atoms with E-state index in [0.29, 0.717) is 41.1 Å². The van der Waals surface area contributed by atoms with Crippen molar-refractivity contribution in [3.8, 4) is 5.75 Å². The molecule has 0 spiro atoms. The summed E-state index contributed by atoms with van der Waals surface area (Å²) in [6.45, 7) is 9.04. The summed E-state index contributed by atoms with van der Waals surface area (Å²) in [5, 5.41) is 0.590. The number of amides is 1. The highest BCUT2D eigenvalue weighted by Gasteiger charge is 2.27. The summed E-state index contributed by atoms with van der Waals surface area (Å²) in [4.78, 5) is 33.0. The Morgan fingerprint density at radius 1 is 1.10 bits per heavy atom. The molecule has 0 saturated heterocycles. The van der Waals surface area contributed by atoms with Gasteiger partial charge in [0.25, 0.3) is 11.5 Å². The van der Waals surface area contributed by atoms with Crippen LogP contribution in [0.25, 0.3) is 10.9 Å². The molecule has 6 nitrogen and oxygen atoms in total. The van der Waals surface area contributed by atoms with E-state index in [-0.39, 0.29) is 23.4 Å². The molecule has 0 saturated carbocycles. The summed E-state index contributed by atoms with van der Waals surface area (Å²) < 4.78 is 6.87. The van der Waals surface area contributed by atoms with Crippen LogP contribution in [0.2, 0.25) is 0 Å². The first-order chi connectivity index (χ1) is 14.4. The molecule has 0 bridgehead atoms. The first-order valence-corrected chi connectivity index (χ1v) is 10.3. The van der Waals surface area contributed by atoms with Crippen LogP contribution in [-0.4, -0.2) is 34.0 Å². The molecule has 6 heteroatoms. The number of rotatable bonds is 7. The molecule has 0 aliphatic carbocycles. The van der Waals surface area contributed by atoms with Crippen molar-refractivity contribution >= 4 is 16.8 Å². The van der Waals surface area contributed by atoms with Crippen molar-refractivity contribution in [3.63, 3.8) is 0 Å². The van der Waals surface area contributed by atoms with Gasteiger partial charge in [0, 0.05) is 18.7 Å². The van der Waals surface area contributed by atoms with Crippen molar-refractivity contribution in [1.82, 2.24) is 14.5 Å². The predicted molar refractivity (Wildman–Crippen MR) is 119 cm³/mol. The molecule has 30 heavy (non-hydrogen) atoms. The molecule has 0 aliphatic heterocycles. The zero-order chi connectivity index (χ0) is 21.8. The van der Waals surface area contributed by atoms with E-state index in [0.717, 1.165) is 0 Å². The summed E-state index contributed by atoms with van der Waals surface area (Å²) in [6, 6.07) is 14.1. The van der Waals surface area contributed by atoms with Crippen molar-refractivity contribution in [2.24, 2.45) is 5.92 Å². The molecule has 0 fully saturated rings. The minimum Gasteiger partial charge on any atom is -0.497 e. The van der Waals surface area contributed by atoms with E-state index in [2.05, 4.69) is 13.8 Å². The normalized spacial score (nSPS) is 12.2. The minimum atomic E-state index is -0.362. The van der Waals surface area contributed by atoms with Crippen LogP contribution < -0.4 is 10.3 Å². The van der Waals surface area contributed by atoms with Crippen LogP contribution in [0.3, 0.4) is 0 Å². The highest BCUT2D eigenvalue weighted by molar-refractivity contribution is 5.94. The maximum atomic E-state index is 13.4. The third kappa shape index (κ3) is 4.22. The molecule has 3 rings (SSSR count). The van der Waals surface area contributed by atoms with Gasteiger partial charge in [0.2, 0.25) is 0 Å². The first-order valence-electron chi connectivity index (χ1n) is 10.3. The molecule has 1 atom stereocenters. The Bertz CT molecular complexity index is 1090. The van der Waals surface area contributed by atoms with E-state index in [9.17, 15) is 9.59 Å². The standard InChI is InChI=1S/C24H29N3O3/c1-6-26-22(25-21-10-8-7-9-20(21)24(26)29)17(4)27(15-16(2)3)23(28)18-11-13-19(30-5)14-12-18/h7-14,16-17H,6,15H2,1-5H3. The SMILES string of the molecule is CCn1c(C(C)N(CC(C)C)C(=O)c2ccc(OC)cc2)nc2ccccc2c1=O. The summed E-state index contributed by atoms with van der Waals surface area (Å²) in [5.41, 5.74) is 1.15. The van der Waals surface area contributed by atoms with E-state index in [4.69, 9.17) is 9.72 Å². The Hall–Kier alpha value is -3.15.